The Morgan fingerprint density at radius 1 is 1.07 bits per heavy atom. The zero-order chi connectivity index (χ0) is 20.3. The second kappa shape index (κ2) is 6.17. The minimum Gasteiger partial charge on any atom is -0.369 e. The summed E-state index contributed by atoms with van der Waals surface area (Å²) in [6.45, 7) is 2.00. The molecule has 2 heterocycles. The first kappa shape index (κ1) is 17.9. The summed E-state index contributed by atoms with van der Waals surface area (Å²) >= 11 is 0. The second-order valence-corrected chi connectivity index (χ2v) is 8.43. The Labute approximate surface area is 170 Å². The monoisotopic (exact) mass is 387 g/mol. The van der Waals surface area contributed by atoms with E-state index in [-0.39, 0.29) is 11.9 Å². The van der Waals surface area contributed by atoms with Crippen LogP contribution in [0.4, 0.5) is 0 Å². The minimum absolute atomic E-state index is 0.0366. The Bertz CT molecular complexity index is 1140. The van der Waals surface area contributed by atoms with Crippen LogP contribution in [0.3, 0.4) is 0 Å². The highest BCUT2D eigenvalue weighted by atomic mass is 16.2. The lowest BCUT2D eigenvalue weighted by molar-refractivity contribution is -0.130. The molecule has 1 aromatic heterocycles. The number of aliphatic imine (C=N–C) groups is 1. The number of nitrogens with zero attached hydrogens (tertiary/aromatic N) is 4. The summed E-state index contributed by atoms with van der Waals surface area (Å²) < 4.78 is 1.84. The molecule has 2 N–H and O–H groups in total. The molecular formula is C23H25N5O. The number of likely N-dealkylation sites (N-methyl/N-ethyl adjacent to an activating group) is 1. The van der Waals surface area contributed by atoms with Crippen LogP contribution in [0.1, 0.15) is 48.3 Å². The van der Waals surface area contributed by atoms with Gasteiger partial charge < -0.3 is 5.73 Å². The molecule has 2 atom stereocenters. The number of hydrogen-bond donors (Lipinski definition) is 1. The third-order valence-corrected chi connectivity index (χ3v) is 6.48. The number of amides is 1. The Hall–Kier alpha value is -3.15. The van der Waals surface area contributed by atoms with Crippen LogP contribution in [0.25, 0.3) is 10.9 Å². The van der Waals surface area contributed by atoms with E-state index in [0.29, 0.717) is 5.92 Å². The van der Waals surface area contributed by atoms with Gasteiger partial charge in [-0.25, -0.2) is 4.99 Å². The third-order valence-electron chi connectivity index (χ3n) is 6.48. The van der Waals surface area contributed by atoms with Crippen LogP contribution in [0.2, 0.25) is 0 Å². The van der Waals surface area contributed by atoms with Gasteiger partial charge >= 0.3 is 0 Å². The highest BCUT2D eigenvalue weighted by Gasteiger charge is 2.47. The van der Waals surface area contributed by atoms with Gasteiger partial charge in [-0.3, -0.25) is 14.4 Å². The van der Waals surface area contributed by atoms with Crippen LogP contribution in [-0.2, 0) is 17.4 Å². The molecule has 6 heteroatoms. The van der Waals surface area contributed by atoms with E-state index in [1.54, 1.807) is 7.05 Å². The zero-order valence-electron chi connectivity index (χ0n) is 17.0. The average Bonchev–Trinajstić information content (AvgIpc) is 3.50. The van der Waals surface area contributed by atoms with Crippen LogP contribution < -0.4 is 5.73 Å². The number of rotatable bonds is 3. The van der Waals surface area contributed by atoms with Crippen molar-refractivity contribution in [3.8, 4) is 0 Å². The molecule has 29 heavy (non-hydrogen) atoms. The van der Waals surface area contributed by atoms with Crippen molar-refractivity contribution < 1.29 is 4.79 Å². The molecule has 1 aliphatic heterocycles. The van der Waals surface area contributed by atoms with Gasteiger partial charge in [-0.15, -0.1) is 0 Å². The average molecular weight is 387 g/mol. The third kappa shape index (κ3) is 2.74. The smallest absolute Gasteiger partial charge is 0.239 e. The van der Waals surface area contributed by atoms with Crippen molar-refractivity contribution in [3.63, 3.8) is 0 Å². The maximum atomic E-state index is 13.4. The van der Waals surface area contributed by atoms with E-state index in [9.17, 15) is 4.79 Å². The first-order valence-corrected chi connectivity index (χ1v) is 10.0. The zero-order valence-corrected chi connectivity index (χ0v) is 17.0. The van der Waals surface area contributed by atoms with Gasteiger partial charge in [-0.05, 0) is 54.5 Å². The standard InChI is InChI=1S/C23H25N5O/c1-23(18-10-11-19-17(12-18)13-25-28(19)3)20(21(29)27(2)22(24)26-23)16-8-6-15(7-9-16)14-4-5-14/h6-14,20H,4-5H2,1-3H3,(H2,24,26)/t20-,23-/m1/s1. The number of carbonyl (C=O) groups is 1. The SMILES string of the molecule is CN1C(=O)[C@@H](c2ccc(C3CC3)cc2)[C@@](C)(c2ccc3c(cnn3C)c2)N=C1N. The van der Waals surface area contributed by atoms with Crippen molar-refractivity contribution in [2.75, 3.05) is 7.05 Å². The molecule has 1 saturated carbocycles. The lowest BCUT2D eigenvalue weighted by Crippen LogP contribution is -2.52. The van der Waals surface area contributed by atoms with Crippen LogP contribution in [-0.4, -0.2) is 33.6 Å². The highest BCUT2D eigenvalue weighted by molar-refractivity contribution is 6.02. The number of guanidine groups is 1. The Balaban J connectivity index is 1.65. The number of nitrogens with two attached hydrogens (primary N) is 1. The van der Waals surface area contributed by atoms with Gasteiger partial charge in [0.2, 0.25) is 5.91 Å². The van der Waals surface area contributed by atoms with E-state index in [1.165, 1.54) is 23.3 Å². The largest absolute Gasteiger partial charge is 0.369 e. The quantitative estimate of drug-likeness (QED) is 0.750. The van der Waals surface area contributed by atoms with E-state index in [2.05, 4.69) is 35.4 Å². The first-order valence-electron chi connectivity index (χ1n) is 10.0. The fourth-order valence-electron chi connectivity index (χ4n) is 4.48. The Morgan fingerprint density at radius 3 is 2.45 bits per heavy atom. The lowest BCUT2D eigenvalue weighted by Gasteiger charge is -2.41. The molecule has 0 bridgehead atoms. The van der Waals surface area contributed by atoms with Gasteiger partial charge in [0.25, 0.3) is 0 Å². The predicted molar refractivity (Wildman–Crippen MR) is 114 cm³/mol. The van der Waals surface area contributed by atoms with Crippen LogP contribution >= 0.6 is 0 Å². The second-order valence-electron chi connectivity index (χ2n) is 8.43. The molecule has 6 nitrogen and oxygen atoms in total. The summed E-state index contributed by atoms with van der Waals surface area (Å²) in [6.07, 6.45) is 4.35. The van der Waals surface area contributed by atoms with Gasteiger partial charge in [0.15, 0.2) is 5.96 Å². The Morgan fingerprint density at radius 2 is 1.76 bits per heavy atom. The van der Waals surface area contributed by atoms with E-state index in [1.807, 2.05) is 37.0 Å². The molecule has 0 saturated heterocycles. The van der Waals surface area contributed by atoms with Crippen LogP contribution in [0, 0.1) is 0 Å². The van der Waals surface area contributed by atoms with Gasteiger partial charge in [-0.1, -0.05) is 30.3 Å². The summed E-state index contributed by atoms with van der Waals surface area (Å²) in [5.41, 5.74) is 9.68. The number of aromatic nitrogens is 2. The summed E-state index contributed by atoms with van der Waals surface area (Å²) in [6, 6.07) is 14.6. The molecule has 1 amide bonds. The van der Waals surface area contributed by atoms with Gasteiger partial charge in [0, 0.05) is 19.5 Å². The van der Waals surface area contributed by atoms with Gasteiger partial charge in [0.1, 0.15) is 5.54 Å². The van der Waals surface area contributed by atoms with E-state index in [0.717, 1.165) is 22.0 Å². The minimum atomic E-state index is -0.793. The van der Waals surface area contributed by atoms with Crippen molar-refractivity contribution in [2.45, 2.75) is 37.1 Å². The number of hydrogen-bond acceptors (Lipinski definition) is 4. The normalized spacial score (nSPS) is 24.8. The van der Waals surface area contributed by atoms with E-state index in [4.69, 9.17) is 10.7 Å². The molecule has 1 aliphatic carbocycles. The van der Waals surface area contributed by atoms with Crippen molar-refractivity contribution in [2.24, 2.45) is 17.8 Å². The van der Waals surface area contributed by atoms with Gasteiger partial charge in [-0.2, -0.15) is 5.10 Å². The molecule has 0 spiro atoms. The van der Waals surface area contributed by atoms with E-state index < -0.39 is 11.5 Å². The number of fused-ring (bicyclic) bond motifs is 1. The summed E-state index contributed by atoms with van der Waals surface area (Å²) in [5.74, 6) is 0.448. The highest BCUT2D eigenvalue weighted by Crippen LogP contribution is 2.45. The van der Waals surface area contributed by atoms with E-state index >= 15 is 0 Å². The van der Waals surface area contributed by atoms with Crippen LogP contribution in [0.15, 0.2) is 53.7 Å². The lowest BCUT2D eigenvalue weighted by atomic mass is 9.74. The summed E-state index contributed by atoms with van der Waals surface area (Å²) in [5, 5.41) is 5.36. The van der Waals surface area contributed by atoms with Gasteiger partial charge in [0.05, 0.1) is 17.6 Å². The number of aryl methyl sites for hydroxylation is 1. The molecule has 148 valence electrons. The Kier molecular flexibility index (Phi) is 3.81. The summed E-state index contributed by atoms with van der Waals surface area (Å²) in [7, 11) is 3.61. The molecule has 1 fully saturated rings. The molecule has 5 rings (SSSR count). The molecule has 0 unspecified atom stereocenters. The van der Waals surface area contributed by atoms with Crippen molar-refractivity contribution in [3.05, 3.63) is 65.4 Å². The maximum Gasteiger partial charge on any atom is 0.239 e. The van der Waals surface area contributed by atoms with Crippen LogP contribution in [0.5, 0.6) is 0 Å². The fourth-order valence-corrected chi connectivity index (χ4v) is 4.48. The fraction of sp³-hybridized carbons (Fsp3) is 0.348. The molecule has 0 radical (unpaired) electrons. The summed E-state index contributed by atoms with van der Waals surface area (Å²) in [4.78, 5) is 19.7. The van der Waals surface area contributed by atoms with Crippen molar-refractivity contribution in [1.29, 1.82) is 0 Å². The maximum absolute atomic E-state index is 13.4. The first-order chi connectivity index (χ1) is 13.9. The topological polar surface area (TPSA) is 76.5 Å². The van der Waals surface area contributed by atoms with Crippen molar-refractivity contribution in [1.82, 2.24) is 14.7 Å². The molecular weight excluding hydrogens is 362 g/mol. The molecule has 2 aliphatic rings. The molecule has 3 aromatic rings. The number of carbonyl (C=O) groups excluding carboxylic acids is 1. The predicted octanol–water partition coefficient (Wildman–Crippen LogP) is 3.24. The molecule has 2 aromatic carbocycles. The number of benzene rings is 2. The van der Waals surface area contributed by atoms with Crippen molar-refractivity contribution >= 4 is 22.8 Å².